The molecule has 0 bridgehead atoms. The topological polar surface area (TPSA) is 83.5 Å². The second-order valence-electron chi connectivity index (χ2n) is 3.73. The predicted molar refractivity (Wildman–Crippen MR) is 71.4 cm³/mol. The Morgan fingerprint density at radius 2 is 2.47 bits per heavy atom. The van der Waals surface area contributed by atoms with Gasteiger partial charge in [0.25, 0.3) is 0 Å². The average Bonchev–Trinajstić information content (AvgIpc) is 2.36. The molecule has 17 heavy (non-hydrogen) atoms. The van der Waals surface area contributed by atoms with E-state index in [-0.39, 0.29) is 5.84 Å². The Hall–Kier alpha value is -1.27. The molecular weight excluding hydrogens is 236 g/mol. The van der Waals surface area contributed by atoms with Gasteiger partial charge in [0, 0.05) is 24.5 Å². The Morgan fingerprint density at radius 1 is 1.71 bits per heavy atom. The quantitative estimate of drug-likeness (QED) is 0.305. The van der Waals surface area contributed by atoms with Crippen LogP contribution in [0.15, 0.2) is 23.5 Å². The van der Waals surface area contributed by atoms with Crippen LogP contribution in [-0.4, -0.2) is 34.1 Å². The normalized spacial score (nSPS) is 13.6. The number of oxime groups is 1. The number of rotatable bonds is 6. The van der Waals surface area contributed by atoms with E-state index in [9.17, 15) is 0 Å². The van der Waals surface area contributed by atoms with E-state index in [1.807, 2.05) is 12.1 Å². The van der Waals surface area contributed by atoms with Crippen molar-refractivity contribution in [3.63, 3.8) is 0 Å². The molecule has 0 aliphatic carbocycles. The fourth-order valence-corrected chi connectivity index (χ4v) is 2.07. The predicted octanol–water partition coefficient (Wildman–Crippen LogP) is 1.02. The lowest BCUT2D eigenvalue weighted by atomic mass is 10.1. The third-order valence-electron chi connectivity index (χ3n) is 2.30. The molecule has 1 atom stereocenters. The van der Waals surface area contributed by atoms with Crippen LogP contribution < -0.4 is 11.1 Å². The molecule has 5 nitrogen and oxygen atoms in total. The molecule has 0 aromatic carbocycles. The van der Waals surface area contributed by atoms with E-state index in [0.29, 0.717) is 18.3 Å². The Morgan fingerprint density at radius 3 is 3.12 bits per heavy atom. The molecule has 1 aromatic heterocycles. The van der Waals surface area contributed by atoms with Crippen LogP contribution in [0.1, 0.15) is 18.2 Å². The first-order valence-corrected chi connectivity index (χ1v) is 6.72. The number of nitrogens with two attached hydrogens (primary N) is 1. The standard InChI is InChI=1S/C11H18N4OS/c1-8(7-17-2)14-6-9-4-3-5-13-10(9)11(12)15-16/h3-5,8,14,16H,6-7H2,1-2H3,(H2,12,15). The van der Waals surface area contributed by atoms with Crippen LogP contribution in [0, 0.1) is 0 Å². The lowest BCUT2D eigenvalue weighted by Crippen LogP contribution is -2.29. The minimum atomic E-state index is 0.0416. The molecule has 0 aliphatic heterocycles. The number of hydrogen-bond acceptors (Lipinski definition) is 5. The molecule has 0 amide bonds. The van der Waals surface area contributed by atoms with E-state index < -0.39 is 0 Å². The number of hydrogen-bond donors (Lipinski definition) is 3. The SMILES string of the molecule is CSCC(C)NCc1cccnc1/C(N)=N/O. The molecule has 94 valence electrons. The number of nitrogens with zero attached hydrogens (tertiary/aromatic N) is 2. The van der Waals surface area contributed by atoms with Gasteiger partial charge in [0.05, 0.1) is 0 Å². The lowest BCUT2D eigenvalue weighted by molar-refractivity contribution is 0.318. The van der Waals surface area contributed by atoms with Crippen molar-refractivity contribution in [2.45, 2.75) is 19.5 Å². The summed E-state index contributed by atoms with van der Waals surface area (Å²) in [6, 6.07) is 4.16. The Kier molecular flexibility index (Phi) is 5.79. The monoisotopic (exact) mass is 254 g/mol. The van der Waals surface area contributed by atoms with Crippen molar-refractivity contribution in [3.05, 3.63) is 29.6 Å². The van der Waals surface area contributed by atoms with E-state index in [1.54, 1.807) is 18.0 Å². The molecule has 0 radical (unpaired) electrons. The summed E-state index contributed by atoms with van der Waals surface area (Å²) in [7, 11) is 0. The minimum Gasteiger partial charge on any atom is -0.409 e. The summed E-state index contributed by atoms with van der Waals surface area (Å²) in [4.78, 5) is 4.11. The van der Waals surface area contributed by atoms with E-state index in [1.165, 1.54) is 0 Å². The van der Waals surface area contributed by atoms with Gasteiger partial charge in [-0.25, -0.2) is 0 Å². The van der Waals surface area contributed by atoms with Gasteiger partial charge < -0.3 is 16.3 Å². The lowest BCUT2D eigenvalue weighted by Gasteiger charge is -2.13. The Bertz CT molecular complexity index is 383. The van der Waals surface area contributed by atoms with Gasteiger partial charge in [-0.3, -0.25) is 4.98 Å². The number of thioether (sulfide) groups is 1. The second kappa shape index (κ2) is 7.13. The molecule has 4 N–H and O–H groups in total. The van der Waals surface area contributed by atoms with Gasteiger partial charge in [0.1, 0.15) is 5.69 Å². The smallest absolute Gasteiger partial charge is 0.189 e. The maximum atomic E-state index is 8.67. The average molecular weight is 254 g/mol. The van der Waals surface area contributed by atoms with Crippen LogP contribution in [0.5, 0.6) is 0 Å². The van der Waals surface area contributed by atoms with Gasteiger partial charge >= 0.3 is 0 Å². The van der Waals surface area contributed by atoms with E-state index in [2.05, 4.69) is 28.6 Å². The first-order chi connectivity index (χ1) is 8.19. The van der Waals surface area contributed by atoms with Crippen molar-refractivity contribution in [1.82, 2.24) is 10.3 Å². The molecule has 1 aromatic rings. The zero-order valence-electron chi connectivity index (χ0n) is 10.1. The maximum absolute atomic E-state index is 8.67. The van der Waals surface area contributed by atoms with Crippen LogP contribution in [0.2, 0.25) is 0 Å². The summed E-state index contributed by atoms with van der Waals surface area (Å²) < 4.78 is 0. The summed E-state index contributed by atoms with van der Waals surface area (Å²) >= 11 is 1.79. The van der Waals surface area contributed by atoms with Crippen LogP contribution in [0.3, 0.4) is 0 Å². The van der Waals surface area contributed by atoms with Gasteiger partial charge in [-0.05, 0) is 24.8 Å². The third kappa shape index (κ3) is 4.24. The van der Waals surface area contributed by atoms with E-state index >= 15 is 0 Å². The zero-order valence-corrected chi connectivity index (χ0v) is 10.9. The van der Waals surface area contributed by atoms with Crippen molar-refractivity contribution < 1.29 is 5.21 Å². The van der Waals surface area contributed by atoms with Crippen LogP contribution in [-0.2, 0) is 6.54 Å². The molecule has 0 fully saturated rings. The number of amidine groups is 1. The highest BCUT2D eigenvalue weighted by atomic mass is 32.2. The van der Waals surface area contributed by atoms with Gasteiger partial charge in [0.15, 0.2) is 5.84 Å². The maximum Gasteiger partial charge on any atom is 0.189 e. The number of pyridine rings is 1. The van der Waals surface area contributed by atoms with Crippen molar-refractivity contribution in [2.75, 3.05) is 12.0 Å². The highest BCUT2D eigenvalue weighted by molar-refractivity contribution is 7.98. The van der Waals surface area contributed by atoms with Crippen LogP contribution >= 0.6 is 11.8 Å². The molecule has 1 rings (SSSR count). The Labute approximate surface area is 105 Å². The highest BCUT2D eigenvalue weighted by Gasteiger charge is 2.08. The summed E-state index contributed by atoms with van der Waals surface area (Å²) in [5, 5.41) is 15.0. The van der Waals surface area contributed by atoms with Crippen molar-refractivity contribution in [2.24, 2.45) is 10.9 Å². The summed E-state index contributed by atoms with van der Waals surface area (Å²) in [5.41, 5.74) is 7.02. The highest BCUT2D eigenvalue weighted by Crippen LogP contribution is 2.06. The van der Waals surface area contributed by atoms with Crippen molar-refractivity contribution in [1.29, 1.82) is 0 Å². The number of aromatic nitrogens is 1. The van der Waals surface area contributed by atoms with Gasteiger partial charge in [-0.1, -0.05) is 11.2 Å². The summed E-state index contributed by atoms with van der Waals surface area (Å²) in [5.74, 6) is 1.08. The van der Waals surface area contributed by atoms with Crippen LogP contribution in [0.25, 0.3) is 0 Å². The zero-order chi connectivity index (χ0) is 12.7. The molecular formula is C11H18N4OS. The van der Waals surface area contributed by atoms with Gasteiger partial charge in [0.2, 0.25) is 0 Å². The molecule has 1 heterocycles. The third-order valence-corrected chi connectivity index (χ3v) is 3.13. The number of nitrogens with one attached hydrogen (secondary N) is 1. The van der Waals surface area contributed by atoms with Crippen molar-refractivity contribution in [3.8, 4) is 0 Å². The second-order valence-corrected chi connectivity index (χ2v) is 4.64. The summed E-state index contributed by atoms with van der Waals surface area (Å²) in [6.45, 7) is 2.77. The van der Waals surface area contributed by atoms with E-state index in [4.69, 9.17) is 10.9 Å². The minimum absolute atomic E-state index is 0.0416. The van der Waals surface area contributed by atoms with Gasteiger partial charge in [-0.15, -0.1) is 0 Å². The van der Waals surface area contributed by atoms with Gasteiger partial charge in [-0.2, -0.15) is 11.8 Å². The largest absolute Gasteiger partial charge is 0.409 e. The fourth-order valence-electron chi connectivity index (χ4n) is 1.45. The summed E-state index contributed by atoms with van der Waals surface area (Å²) in [6.07, 6.45) is 3.70. The molecule has 6 heteroatoms. The first-order valence-electron chi connectivity index (χ1n) is 5.33. The molecule has 0 spiro atoms. The van der Waals surface area contributed by atoms with Crippen molar-refractivity contribution >= 4 is 17.6 Å². The molecule has 0 saturated carbocycles. The molecule has 1 unspecified atom stereocenters. The Balaban J connectivity index is 2.71. The first kappa shape index (κ1) is 13.8. The van der Waals surface area contributed by atoms with E-state index in [0.717, 1.165) is 11.3 Å². The molecule has 0 aliphatic rings. The van der Waals surface area contributed by atoms with Crippen LogP contribution in [0.4, 0.5) is 0 Å². The molecule has 0 saturated heterocycles. The fraction of sp³-hybridized carbons (Fsp3) is 0.455.